The number of amides is 2. The summed E-state index contributed by atoms with van der Waals surface area (Å²) >= 11 is 1.59. The van der Waals surface area contributed by atoms with E-state index in [-0.39, 0.29) is 11.8 Å². The number of carbonyl (C=O) groups is 2. The number of aromatic nitrogens is 1. The van der Waals surface area contributed by atoms with Crippen LogP contribution in [-0.4, -0.2) is 28.2 Å². The Labute approximate surface area is 187 Å². The van der Waals surface area contributed by atoms with Crippen molar-refractivity contribution in [1.29, 1.82) is 0 Å². The highest BCUT2D eigenvalue weighted by atomic mass is 32.1. The number of carbonyl (C=O) groups excluding carboxylic acids is 2. The molecule has 1 N–H and O–H groups in total. The van der Waals surface area contributed by atoms with Crippen LogP contribution in [0, 0.1) is 6.92 Å². The standard InChI is InChI=1S/C25H27N3O2S/c1-18-23(16-27-24(29)14-21-8-5-13-31-21)22-11-12-28(17-20(22)15-26-18)25(30)10-9-19-6-3-2-4-7-19/h2-8,13,15H,9-12,14,16-17H2,1H3,(H,27,29). The monoisotopic (exact) mass is 433 g/mol. The molecule has 2 amide bonds. The summed E-state index contributed by atoms with van der Waals surface area (Å²) in [5.41, 5.74) is 5.54. The molecule has 0 aliphatic carbocycles. The summed E-state index contributed by atoms with van der Waals surface area (Å²) in [5, 5.41) is 5.03. The second-order valence-corrected chi connectivity index (χ2v) is 8.94. The number of rotatable bonds is 7. The second-order valence-electron chi connectivity index (χ2n) is 7.91. The molecule has 1 aromatic carbocycles. The Morgan fingerprint density at radius 1 is 1.16 bits per heavy atom. The molecule has 2 aromatic heterocycles. The molecule has 31 heavy (non-hydrogen) atoms. The molecule has 6 heteroatoms. The number of thiophene rings is 1. The van der Waals surface area contributed by atoms with Gasteiger partial charge in [-0.1, -0.05) is 36.4 Å². The highest BCUT2D eigenvalue weighted by molar-refractivity contribution is 7.10. The number of benzene rings is 1. The van der Waals surface area contributed by atoms with Crippen LogP contribution in [0.15, 0.2) is 54.0 Å². The van der Waals surface area contributed by atoms with Gasteiger partial charge in [0.1, 0.15) is 0 Å². The van der Waals surface area contributed by atoms with Crippen LogP contribution in [0.3, 0.4) is 0 Å². The van der Waals surface area contributed by atoms with E-state index in [4.69, 9.17) is 0 Å². The third-order valence-electron chi connectivity index (χ3n) is 5.80. The van der Waals surface area contributed by atoms with E-state index < -0.39 is 0 Å². The Morgan fingerprint density at radius 2 is 2.00 bits per heavy atom. The molecule has 3 aromatic rings. The van der Waals surface area contributed by atoms with Crippen LogP contribution in [-0.2, 0) is 41.9 Å². The molecule has 0 fully saturated rings. The molecule has 1 aliphatic rings. The quantitative estimate of drug-likeness (QED) is 0.616. The number of nitrogens with zero attached hydrogens (tertiary/aromatic N) is 2. The largest absolute Gasteiger partial charge is 0.352 e. The summed E-state index contributed by atoms with van der Waals surface area (Å²) < 4.78 is 0. The fourth-order valence-electron chi connectivity index (χ4n) is 4.04. The van der Waals surface area contributed by atoms with E-state index in [9.17, 15) is 9.59 Å². The van der Waals surface area contributed by atoms with E-state index in [0.717, 1.165) is 34.5 Å². The van der Waals surface area contributed by atoms with Crippen LogP contribution in [0.1, 0.15) is 39.2 Å². The summed E-state index contributed by atoms with van der Waals surface area (Å²) in [5.74, 6) is 0.203. The topological polar surface area (TPSA) is 62.3 Å². The molecule has 0 spiro atoms. The van der Waals surface area contributed by atoms with Crippen molar-refractivity contribution in [1.82, 2.24) is 15.2 Å². The molecule has 4 rings (SSSR count). The van der Waals surface area contributed by atoms with Crippen LogP contribution in [0.2, 0.25) is 0 Å². The van der Waals surface area contributed by atoms with Crippen LogP contribution < -0.4 is 5.32 Å². The number of hydrogen-bond donors (Lipinski definition) is 1. The normalized spacial score (nSPS) is 13.0. The average Bonchev–Trinajstić information content (AvgIpc) is 3.30. The Bertz CT molecular complexity index is 1050. The highest BCUT2D eigenvalue weighted by Gasteiger charge is 2.24. The smallest absolute Gasteiger partial charge is 0.225 e. The Morgan fingerprint density at radius 3 is 2.77 bits per heavy atom. The summed E-state index contributed by atoms with van der Waals surface area (Å²) in [7, 11) is 0. The molecular formula is C25H27N3O2S. The molecule has 0 atom stereocenters. The first kappa shape index (κ1) is 21.2. The highest BCUT2D eigenvalue weighted by Crippen LogP contribution is 2.24. The van der Waals surface area contributed by atoms with Crippen LogP contribution in [0.4, 0.5) is 0 Å². The summed E-state index contributed by atoms with van der Waals surface area (Å²) in [6, 6.07) is 14.1. The van der Waals surface area contributed by atoms with Gasteiger partial charge in [0.15, 0.2) is 0 Å². The van der Waals surface area contributed by atoms with Gasteiger partial charge in [-0.25, -0.2) is 0 Å². The van der Waals surface area contributed by atoms with Gasteiger partial charge in [-0.15, -0.1) is 11.3 Å². The summed E-state index contributed by atoms with van der Waals surface area (Å²) in [6.07, 6.45) is 4.37. The number of nitrogens with one attached hydrogen (secondary N) is 1. The summed E-state index contributed by atoms with van der Waals surface area (Å²) in [4.78, 5) is 32.6. The maximum Gasteiger partial charge on any atom is 0.225 e. The van der Waals surface area contributed by atoms with E-state index in [2.05, 4.69) is 22.4 Å². The fourth-order valence-corrected chi connectivity index (χ4v) is 4.75. The second kappa shape index (κ2) is 9.88. The predicted molar refractivity (Wildman–Crippen MR) is 123 cm³/mol. The predicted octanol–water partition coefficient (Wildman–Crippen LogP) is 3.83. The number of pyridine rings is 1. The first-order valence-corrected chi connectivity index (χ1v) is 11.5. The van der Waals surface area contributed by atoms with E-state index in [1.54, 1.807) is 11.3 Å². The van der Waals surface area contributed by atoms with Gasteiger partial charge in [-0.05, 0) is 53.5 Å². The first-order valence-electron chi connectivity index (χ1n) is 10.7. The molecule has 160 valence electrons. The minimum Gasteiger partial charge on any atom is -0.352 e. The molecule has 0 saturated heterocycles. The molecule has 5 nitrogen and oxygen atoms in total. The SMILES string of the molecule is Cc1ncc2c(c1CNC(=O)Cc1cccs1)CCN(C(=O)CCc1ccccc1)C2. The lowest BCUT2D eigenvalue weighted by Crippen LogP contribution is -2.37. The Hall–Kier alpha value is -2.99. The molecule has 0 saturated carbocycles. The van der Waals surface area contributed by atoms with Crippen LogP contribution in [0.25, 0.3) is 0 Å². The van der Waals surface area contributed by atoms with Gasteiger partial charge in [0.25, 0.3) is 0 Å². The first-order chi connectivity index (χ1) is 15.1. The van der Waals surface area contributed by atoms with E-state index in [1.165, 1.54) is 11.1 Å². The maximum atomic E-state index is 12.7. The number of aryl methyl sites for hydroxylation is 2. The van der Waals surface area contributed by atoms with Crippen molar-refractivity contribution >= 4 is 23.2 Å². The summed E-state index contributed by atoms with van der Waals surface area (Å²) in [6.45, 7) is 3.76. The molecular weight excluding hydrogens is 406 g/mol. The minimum absolute atomic E-state index is 0.0213. The van der Waals surface area contributed by atoms with E-state index in [1.807, 2.05) is 53.7 Å². The van der Waals surface area contributed by atoms with Crippen molar-refractivity contribution in [3.05, 3.63) is 86.9 Å². The lowest BCUT2D eigenvalue weighted by atomic mass is 9.94. The van der Waals surface area contributed by atoms with Gasteiger partial charge in [0, 0.05) is 42.8 Å². The van der Waals surface area contributed by atoms with Crippen molar-refractivity contribution in [2.75, 3.05) is 6.54 Å². The van der Waals surface area contributed by atoms with E-state index in [0.29, 0.717) is 32.5 Å². The van der Waals surface area contributed by atoms with Gasteiger partial charge >= 0.3 is 0 Å². The zero-order valence-corrected chi connectivity index (χ0v) is 18.6. The average molecular weight is 434 g/mol. The van der Waals surface area contributed by atoms with Crippen molar-refractivity contribution in [2.45, 2.75) is 45.7 Å². The third kappa shape index (κ3) is 5.39. The van der Waals surface area contributed by atoms with Crippen molar-refractivity contribution in [2.24, 2.45) is 0 Å². The van der Waals surface area contributed by atoms with Gasteiger partial charge in [0.2, 0.25) is 11.8 Å². The van der Waals surface area contributed by atoms with Gasteiger partial charge in [0.05, 0.1) is 6.42 Å². The third-order valence-corrected chi connectivity index (χ3v) is 6.67. The van der Waals surface area contributed by atoms with Gasteiger partial charge in [-0.2, -0.15) is 0 Å². The Balaban J connectivity index is 1.37. The number of fused-ring (bicyclic) bond motifs is 1. The van der Waals surface area contributed by atoms with Gasteiger partial charge in [-0.3, -0.25) is 14.6 Å². The van der Waals surface area contributed by atoms with Crippen LogP contribution in [0.5, 0.6) is 0 Å². The zero-order valence-electron chi connectivity index (χ0n) is 17.8. The lowest BCUT2D eigenvalue weighted by Gasteiger charge is -2.30. The van der Waals surface area contributed by atoms with Gasteiger partial charge < -0.3 is 10.2 Å². The lowest BCUT2D eigenvalue weighted by molar-refractivity contribution is -0.132. The van der Waals surface area contributed by atoms with Crippen molar-refractivity contribution in [3.63, 3.8) is 0 Å². The molecule has 0 bridgehead atoms. The molecule has 0 radical (unpaired) electrons. The number of hydrogen-bond acceptors (Lipinski definition) is 4. The van der Waals surface area contributed by atoms with E-state index >= 15 is 0 Å². The fraction of sp³-hybridized carbons (Fsp3) is 0.320. The minimum atomic E-state index is 0.0213. The van der Waals surface area contributed by atoms with Crippen LogP contribution >= 0.6 is 11.3 Å². The molecule has 1 aliphatic heterocycles. The van der Waals surface area contributed by atoms with Crippen molar-refractivity contribution < 1.29 is 9.59 Å². The molecule has 0 unspecified atom stereocenters. The maximum absolute atomic E-state index is 12.7. The zero-order chi connectivity index (χ0) is 21.6. The Kier molecular flexibility index (Phi) is 6.77. The molecule has 3 heterocycles. The van der Waals surface area contributed by atoms with Crippen molar-refractivity contribution in [3.8, 4) is 0 Å².